The van der Waals surface area contributed by atoms with Crippen LogP contribution >= 0.6 is 11.3 Å². The Kier molecular flexibility index (Phi) is 6.39. The van der Waals surface area contributed by atoms with Crippen LogP contribution in [0.5, 0.6) is 0 Å². The van der Waals surface area contributed by atoms with E-state index in [-0.39, 0.29) is 12.0 Å². The number of benzene rings is 2. The van der Waals surface area contributed by atoms with Crippen LogP contribution in [0.4, 0.5) is 14.5 Å². The molecule has 150 valence electrons. The Morgan fingerprint density at radius 2 is 1.86 bits per heavy atom. The second-order valence-electron chi connectivity index (χ2n) is 6.74. The Bertz CT molecular complexity index is 1040. The number of halogens is 2. The van der Waals surface area contributed by atoms with E-state index in [1.807, 2.05) is 32.2 Å². The highest BCUT2D eigenvalue weighted by Gasteiger charge is 2.15. The SMILES string of the molecule is Cc1ccsc1C(=O)Nc1cc(C=NOC(C)C)ccc1-c1cc(F)cc(F)c1. The smallest absolute Gasteiger partial charge is 0.266 e. The van der Waals surface area contributed by atoms with Gasteiger partial charge in [-0.1, -0.05) is 17.3 Å². The fourth-order valence-corrected chi connectivity index (χ4v) is 3.52. The van der Waals surface area contributed by atoms with Crippen molar-refractivity contribution in [3.8, 4) is 11.1 Å². The average molecular weight is 414 g/mol. The molecule has 0 aliphatic rings. The Morgan fingerprint density at radius 3 is 2.48 bits per heavy atom. The monoisotopic (exact) mass is 414 g/mol. The summed E-state index contributed by atoms with van der Waals surface area (Å²) in [5, 5.41) is 8.59. The van der Waals surface area contributed by atoms with Gasteiger partial charge in [-0.05, 0) is 67.1 Å². The molecule has 0 bridgehead atoms. The largest absolute Gasteiger partial charge is 0.393 e. The highest BCUT2D eigenvalue weighted by atomic mass is 32.1. The number of aryl methyl sites for hydroxylation is 1. The summed E-state index contributed by atoms with van der Waals surface area (Å²) >= 11 is 1.33. The van der Waals surface area contributed by atoms with E-state index in [9.17, 15) is 13.6 Å². The van der Waals surface area contributed by atoms with Gasteiger partial charge in [0.2, 0.25) is 0 Å². The van der Waals surface area contributed by atoms with Gasteiger partial charge in [-0.15, -0.1) is 11.3 Å². The number of thiophene rings is 1. The highest BCUT2D eigenvalue weighted by molar-refractivity contribution is 7.12. The molecular weight excluding hydrogens is 394 g/mol. The molecule has 3 rings (SSSR count). The third kappa shape index (κ3) is 5.26. The van der Waals surface area contributed by atoms with Crippen molar-refractivity contribution in [2.24, 2.45) is 5.16 Å². The van der Waals surface area contributed by atoms with Gasteiger partial charge in [-0.25, -0.2) is 8.78 Å². The molecule has 1 N–H and O–H groups in total. The van der Waals surface area contributed by atoms with E-state index in [1.54, 1.807) is 18.2 Å². The predicted molar refractivity (Wildman–Crippen MR) is 113 cm³/mol. The average Bonchev–Trinajstić information content (AvgIpc) is 3.07. The fourth-order valence-electron chi connectivity index (χ4n) is 2.70. The van der Waals surface area contributed by atoms with Gasteiger partial charge >= 0.3 is 0 Å². The molecule has 29 heavy (non-hydrogen) atoms. The second kappa shape index (κ2) is 8.96. The zero-order valence-electron chi connectivity index (χ0n) is 16.2. The van der Waals surface area contributed by atoms with E-state index in [0.717, 1.165) is 11.6 Å². The van der Waals surface area contributed by atoms with Crippen LogP contribution < -0.4 is 5.32 Å². The molecule has 0 aliphatic heterocycles. The predicted octanol–water partition coefficient (Wildman–Crippen LogP) is 6.01. The third-order valence-corrected chi connectivity index (χ3v) is 5.02. The summed E-state index contributed by atoms with van der Waals surface area (Å²) in [6.45, 7) is 5.56. The number of oxime groups is 1. The maximum Gasteiger partial charge on any atom is 0.266 e. The second-order valence-corrected chi connectivity index (χ2v) is 7.65. The van der Waals surface area contributed by atoms with Crippen molar-refractivity contribution >= 4 is 29.1 Å². The van der Waals surface area contributed by atoms with Crippen molar-refractivity contribution in [2.45, 2.75) is 26.9 Å². The first-order valence-corrected chi connectivity index (χ1v) is 9.86. The lowest BCUT2D eigenvalue weighted by Gasteiger charge is -2.13. The summed E-state index contributed by atoms with van der Waals surface area (Å²) in [5.74, 6) is -1.67. The van der Waals surface area contributed by atoms with Gasteiger partial charge in [-0.2, -0.15) is 0 Å². The van der Waals surface area contributed by atoms with Crippen LogP contribution in [0.25, 0.3) is 11.1 Å². The first-order chi connectivity index (χ1) is 13.8. The number of carbonyl (C=O) groups excluding carboxylic acids is 1. The number of carbonyl (C=O) groups is 1. The molecular formula is C22H20F2N2O2S. The Hall–Kier alpha value is -3.06. The lowest BCUT2D eigenvalue weighted by Crippen LogP contribution is -2.12. The minimum absolute atomic E-state index is 0.0678. The van der Waals surface area contributed by atoms with Gasteiger partial charge < -0.3 is 10.2 Å². The van der Waals surface area contributed by atoms with Crippen molar-refractivity contribution in [2.75, 3.05) is 5.32 Å². The summed E-state index contributed by atoms with van der Waals surface area (Å²) < 4.78 is 27.5. The summed E-state index contributed by atoms with van der Waals surface area (Å²) in [5.41, 5.74) is 2.76. The van der Waals surface area contributed by atoms with Crippen molar-refractivity contribution in [1.29, 1.82) is 0 Å². The highest BCUT2D eigenvalue weighted by Crippen LogP contribution is 2.31. The van der Waals surface area contributed by atoms with Crippen LogP contribution in [0.3, 0.4) is 0 Å². The normalized spacial score (nSPS) is 11.2. The van der Waals surface area contributed by atoms with Crippen molar-refractivity contribution in [1.82, 2.24) is 0 Å². The lowest BCUT2D eigenvalue weighted by molar-refractivity contribution is 0.0873. The maximum absolute atomic E-state index is 13.7. The van der Waals surface area contributed by atoms with Crippen molar-refractivity contribution < 1.29 is 18.4 Å². The zero-order valence-corrected chi connectivity index (χ0v) is 17.0. The van der Waals surface area contributed by atoms with E-state index in [0.29, 0.717) is 27.3 Å². The van der Waals surface area contributed by atoms with Gasteiger partial charge in [-0.3, -0.25) is 4.79 Å². The lowest BCUT2D eigenvalue weighted by atomic mass is 10.0. The Balaban J connectivity index is 2.01. The zero-order chi connectivity index (χ0) is 21.0. The molecule has 2 aromatic carbocycles. The molecule has 0 spiro atoms. The van der Waals surface area contributed by atoms with Crippen molar-refractivity contribution in [3.63, 3.8) is 0 Å². The number of nitrogens with one attached hydrogen (secondary N) is 1. The van der Waals surface area contributed by atoms with Crippen LogP contribution in [-0.4, -0.2) is 18.2 Å². The van der Waals surface area contributed by atoms with Crippen LogP contribution in [0.1, 0.15) is 34.6 Å². The molecule has 0 saturated heterocycles. The molecule has 1 amide bonds. The van der Waals surface area contributed by atoms with E-state index in [1.165, 1.54) is 29.7 Å². The molecule has 0 fully saturated rings. The first kappa shape index (κ1) is 20.7. The van der Waals surface area contributed by atoms with E-state index >= 15 is 0 Å². The van der Waals surface area contributed by atoms with E-state index in [2.05, 4.69) is 10.5 Å². The Labute approximate surface area is 171 Å². The molecule has 0 atom stereocenters. The van der Waals surface area contributed by atoms with Gasteiger partial charge in [0.1, 0.15) is 17.7 Å². The molecule has 4 nitrogen and oxygen atoms in total. The number of nitrogens with zero attached hydrogens (tertiary/aromatic N) is 1. The van der Waals surface area contributed by atoms with Crippen LogP contribution in [0.2, 0.25) is 0 Å². The summed E-state index contributed by atoms with van der Waals surface area (Å²) in [7, 11) is 0. The van der Waals surface area contributed by atoms with Gasteiger partial charge in [0.05, 0.1) is 11.1 Å². The number of anilines is 1. The summed E-state index contributed by atoms with van der Waals surface area (Å²) in [6, 6.07) is 10.2. The minimum atomic E-state index is -0.692. The molecule has 3 aromatic rings. The molecule has 0 unspecified atom stereocenters. The molecule has 1 aromatic heterocycles. The Morgan fingerprint density at radius 1 is 1.14 bits per heavy atom. The van der Waals surface area contributed by atoms with Gasteiger partial charge in [0.15, 0.2) is 0 Å². The van der Waals surface area contributed by atoms with Gasteiger partial charge in [0, 0.05) is 17.3 Å². The molecule has 0 saturated carbocycles. The van der Waals surface area contributed by atoms with Crippen molar-refractivity contribution in [3.05, 3.63) is 75.5 Å². The molecule has 0 aliphatic carbocycles. The fraction of sp³-hybridized carbons (Fsp3) is 0.182. The van der Waals surface area contributed by atoms with E-state index in [4.69, 9.17) is 4.84 Å². The van der Waals surface area contributed by atoms with Crippen LogP contribution in [0.15, 0.2) is 53.0 Å². The summed E-state index contributed by atoms with van der Waals surface area (Å²) in [4.78, 5) is 18.5. The number of rotatable bonds is 6. The van der Waals surface area contributed by atoms with Gasteiger partial charge in [0.25, 0.3) is 5.91 Å². The molecule has 1 heterocycles. The summed E-state index contributed by atoms with van der Waals surface area (Å²) in [6.07, 6.45) is 1.45. The maximum atomic E-state index is 13.7. The van der Waals surface area contributed by atoms with Crippen LogP contribution in [-0.2, 0) is 4.84 Å². The number of hydrogen-bond donors (Lipinski definition) is 1. The third-order valence-electron chi connectivity index (χ3n) is 4.01. The molecule has 7 heteroatoms. The molecule has 0 radical (unpaired) electrons. The standard InChI is InChI=1S/C22H20F2N2O2S/c1-13(2)28-25-12-15-4-5-19(16-9-17(23)11-18(24)10-16)20(8-15)26-22(27)21-14(3)6-7-29-21/h4-13H,1-3H3,(H,26,27). The van der Waals surface area contributed by atoms with Crippen LogP contribution in [0, 0.1) is 18.6 Å². The topological polar surface area (TPSA) is 50.7 Å². The minimum Gasteiger partial charge on any atom is -0.393 e. The first-order valence-electron chi connectivity index (χ1n) is 8.98. The quantitative estimate of drug-likeness (QED) is 0.396. The number of amides is 1. The number of hydrogen-bond acceptors (Lipinski definition) is 4. The van der Waals surface area contributed by atoms with E-state index < -0.39 is 11.6 Å².